The maximum absolute atomic E-state index is 13.3. The minimum absolute atomic E-state index is 0.246. The molecule has 1 unspecified atom stereocenters. The van der Waals surface area contributed by atoms with Gasteiger partial charge in [0, 0.05) is 17.2 Å². The molecule has 1 aromatic carbocycles. The smallest absolute Gasteiger partial charge is 0.130 e. The van der Waals surface area contributed by atoms with Gasteiger partial charge in [0.15, 0.2) is 0 Å². The van der Waals surface area contributed by atoms with E-state index < -0.39 is 0 Å². The first-order chi connectivity index (χ1) is 7.15. The molecule has 0 N–H and O–H groups in total. The van der Waals surface area contributed by atoms with Gasteiger partial charge in [0.1, 0.15) is 5.82 Å². The first-order valence-electron chi connectivity index (χ1n) is 5.15. The fraction of sp³-hybridized carbons (Fsp3) is 0.500. The zero-order chi connectivity index (χ0) is 11.3. The van der Waals surface area contributed by atoms with Crippen LogP contribution in [-0.2, 0) is 11.3 Å². The van der Waals surface area contributed by atoms with Crippen molar-refractivity contribution >= 4 is 11.6 Å². The van der Waals surface area contributed by atoms with Gasteiger partial charge in [0.25, 0.3) is 0 Å². The molecular weight excluding hydrogens is 215 g/mol. The van der Waals surface area contributed by atoms with Gasteiger partial charge in [-0.05, 0) is 18.1 Å². The zero-order valence-electron chi connectivity index (χ0n) is 9.09. The Morgan fingerprint density at radius 1 is 1.47 bits per heavy atom. The maximum Gasteiger partial charge on any atom is 0.130 e. The molecule has 0 spiro atoms. The van der Waals surface area contributed by atoms with Crippen LogP contribution >= 0.6 is 11.6 Å². The molecule has 0 saturated heterocycles. The van der Waals surface area contributed by atoms with Crippen LogP contribution in [0.5, 0.6) is 0 Å². The van der Waals surface area contributed by atoms with E-state index in [1.54, 1.807) is 12.1 Å². The monoisotopic (exact) mass is 230 g/mol. The van der Waals surface area contributed by atoms with Crippen molar-refractivity contribution in [3.05, 3.63) is 34.6 Å². The number of ether oxygens (including phenoxy) is 1. The first kappa shape index (κ1) is 12.5. The van der Waals surface area contributed by atoms with E-state index in [2.05, 4.69) is 13.8 Å². The summed E-state index contributed by atoms with van der Waals surface area (Å²) in [5.74, 6) is 0.196. The fourth-order valence-corrected chi connectivity index (χ4v) is 1.37. The third-order valence-corrected chi connectivity index (χ3v) is 2.76. The van der Waals surface area contributed by atoms with E-state index in [0.29, 0.717) is 23.1 Å². The van der Waals surface area contributed by atoms with Crippen molar-refractivity contribution in [2.45, 2.75) is 26.9 Å². The highest BCUT2D eigenvalue weighted by Crippen LogP contribution is 2.20. The highest BCUT2D eigenvalue weighted by atomic mass is 35.5. The number of hydrogen-bond donors (Lipinski definition) is 0. The molecule has 1 atom stereocenters. The molecule has 0 aromatic heterocycles. The van der Waals surface area contributed by atoms with Gasteiger partial charge in [-0.2, -0.15) is 0 Å². The number of benzene rings is 1. The highest BCUT2D eigenvalue weighted by molar-refractivity contribution is 6.31. The van der Waals surface area contributed by atoms with Crippen LogP contribution in [0.1, 0.15) is 25.8 Å². The van der Waals surface area contributed by atoms with Crippen LogP contribution in [0.15, 0.2) is 18.2 Å². The van der Waals surface area contributed by atoms with Crippen molar-refractivity contribution < 1.29 is 9.13 Å². The van der Waals surface area contributed by atoms with E-state index in [1.807, 2.05) is 0 Å². The second-order valence-electron chi connectivity index (χ2n) is 3.73. The normalized spacial score (nSPS) is 12.8. The van der Waals surface area contributed by atoms with E-state index in [4.69, 9.17) is 16.3 Å². The van der Waals surface area contributed by atoms with Crippen LogP contribution < -0.4 is 0 Å². The van der Waals surface area contributed by atoms with Gasteiger partial charge < -0.3 is 4.74 Å². The Morgan fingerprint density at radius 3 is 2.80 bits per heavy atom. The van der Waals surface area contributed by atoms with Crippen LogP contribution in [0.4, 0.5) is 4.39 Å². The Morgan fingerprint density at radius 2 is 2.20 bits per heavy atom. The van der Waals surface area contributed by atoms with Gasteiger partial charge in [-0.3, -0.25) is 0 Å². The largest absolute Gasteiger partial charge is 0.376 e. The summed E-state index contributed by atoms with van der Waals surface area (Å²) in [5, 5.41) is 0.430. The van der Waals surface area contributed by atoms with Gasteiger partial charge in [-0.1, -0.05) is 37.9 Å². The molecule has 1 nitrogen and oxygen atoms in total. The van der Waals surface area contributed by atoms with E-state index in [0.717, 1.165) is 6.42 Å². The van der Waals surface area contributed by atoms with E-state index >= 15 is 0 Å². The lowest BCUT2D eigenvalue weighted by molar-refractivity contribution is 0.0891. The maximum atomic E-state index is 13.3. The predicted molar refractivity (Wildman–Crippen MR) is 60.5 cm³/mol. The van der Waals surface area contributed by atoms with Gasteiger partial charge >= 0.3 is 0 Å². The molecule has 0 aliphatic heterocycles. The highest BCUT2D eigenvalue weighted by Gasteiger charge is 2.07. The Labute approximate surface area is 95.2 Å². The molecule has 0 radical (unpaired) electrons. The zero-order valence-corrected chi connectivity index (χ0v) is 9.85. The second kappa shape index (κ2) is 6.09. The number of rotatable bonds is 5. The van der Waals surface area contributed by atoms with Crippen LogP contribution in [-0.4, -0.2) is 6.61 Å². The van der Waals surface area contributed by atoms with Crippen molar-refractivity contribution in [3.8, 4) is 0 Å². The summed E-state index contributed by atoms with van der Waals surface area (Å²) >= 11 is 5.86. The van der Waals surface area contributed by atoms with Crippen molar-refractivity contribution in [3.63, 3.8) is 0 Å². The van der Waals surface area contributed by atoms with Crippen LogP contribution in [0.3, 0.4) is 0 Å². The molecule has 1 rings (SSSR count). The Bertz CT molecular complexity index is 294. The van der Waals surface area contributed by atoms with Gasteiger partial charge in [0.05, 0.1) is 6.61 Å². The van der Waals surface area contributed by atoms with Gasteiger partial charge in [-0.15, -0.1) is 0 Å². The predicted octanol–water partition coefficient (Wildman–Crippen LogP) is 4.04. The van der Waals surface area contributed by atoms with Gasteiger partial charge in [0.2, 0.25) is 0 Å². The second-order valence-corrected chi connectivity index (χ2v) is 4.14. The molecule has 1 aromatic rings. The molecule has 0 aliphatic rings. The number of hydrogen-bond acceptors (Lipinski definition) is 1. The molecule has 0 aliphatic carbocycles. The summed E-state index contributed by atoms with van der Waals surface area (Å²) in [6.45, 7) is 5.09. The average molecular weight is 231 g/mol. The third kappa shape index (κ3) is 3.80. The fourth-order valence-electron chi connectivity index (χ4n) is 1.15. The molecule has 0 heterocycles. The summed E-state index contributed by atoms with van der Waals surface area (Å²) < 4.78 is 18.7. The summed E-state index contributed by atoms with van der Waals surface area (Å²) in [6, 6.07) is 4.66. The van der Waals surface area contributed by atoms with E-state index in [-0.39, 0.29) is 12.4 Å². The first-order valence-corrected chi connectivity index (χ1v) is 5.53. The quantitative estimate of drug-likeness (QED) is 0.742. The van der Waals surface area contributed by atoms with Crippen molar-refractivity contribution in [1.82, 2.24) is 0 Å². The third-order valence-electron chi connectivity index (χ3n) is 2.41. The standard InChI is InChI=1S/C12H16ClFO/c1-3-9(2)7-15-8-10-11(13)5-4-6-12(10)14/h4-6,9H,3,7-8H2,1-2H3. The van der Waals surface area contributed by atoms with Gasteiger partial charge in [-0.25, -0.2) is 4.39 Å². The Balaban J connectivity index is 2.50. The summed E-state index contributed by atoms with van der Waals surface area (Å²) in [5.41, 5.74) is 0.447. The lowest BCUT2D eigenvalue weighted by Gasteiger charge is -2.10. The molecule has 15 heavy (non-hydrogen) atoms. The Hall–Kier alpha value is -0.600. The summed E-state index contributed by atoms with van der Waals surface area (Å²) in [4.78, 5) is 0. The molecule has 0 fully saturated rings. The summed E-state index contributed by atoms with van der Waals surface area (Å²) in [6.07, 6.45) is 1.06. The van der Waals surface area contributed by atoms with E-state index in [1.165, 1.54) is 6.07 Å². The molecule has 84 valence electrons. The van der Waals surface area contributed by atoms with Crippen LogP contribution in [0, 0.1) is 11.7 Å². The number of halogens is 2. The SMILES string of the molecule is CCC(C)COCc1c(F)cccc1Cl. The van der Waals surface area contributed by atoms with Crippen LogP contribution in [0.2, 0.25) is 5.02 Å². The van der Waals surface area contributed by atoms with E-state index in [9.17, 15) is 4.39 Å². The molecular formula is C12H16ClFO. The topological polar surface area (TPSA) is 9.23 Å². The molecule has 3 heteroatoms. The van der Waals surface area contributed by atoms with Crippen molar-refractivity contribution in [2.24, 2.45) is 5.92 Å². The molecule has 0 amide bonds. The summed E-state index contributed by atoms with van der Waals surface area (Å²) in [7, 11) is 0. The lowest BCUT2D eigenvalue weighted by Crippen LogP contribution is -2.05. The average Bonchev–Trinajstić information content (AvgIpc) is 2.22. The van der Waals surface area contributed by atoms with Crippen molar-refractivity contribution in [2.75, 3.05) is 6.61 Å². The van der Waals surface area contributed by atoms with Crippen molar-refractivity contribution in [1.29, 1.82) is 0 Å². The lowest BCUT2D eigenvalue weighted by atomic mass is 10.1. The Kier molecular flexibility index (Phi) is 5.06. The van der Waals surface area contributed by atoms with Crippen LogP contribution in [0.25, 0.3) is 0 Å². The minimum Gasteiger partial charge on any atom is -0.376 e. The molecule has 0 bridgehead atoms. The minimum atomic E-state index is -0.299. The molecule has 0 saturated carbocycles.